The Balaban J connectivity index is 2.08. The molecular weight excluding hydrogens is 246 g/mol. The van der Waals surface area contributed by atoms with Crippen LogP contribution in [0.4, 0.5) is 5.69 Å². The summed E-state index contributed by atoms with van der Waals surface area (Å²) in [5.74, 6) is -1.34. The van der Waals surface area contributed by atoms with E-state index in [1.807, 2.05) is 6.92 Å². The fraction of sp³-hybridized carbons (Fsp3) is 0.154. The van der Waals surface area contributed by atoms with Crippen molar-refractivity contribution in [3.8, 4) is 0 Å². The lowest BCUT2D eigenvalue weighted by Crippen LogP contribution is -2.21. The normalized spacial score (nSPS) is 10.2. The van der Waals surface area contributed by atoms with Crippen LogP contribution in [0.1, 0.15) is 16.1 Å². The highest BCUT2D eigenvalue weighted by molar-refractivity contribution is 5.92. The summed E-state index contributed by atoms with van der Waals surface area (Å²) in [6.07, 6.45) is 4.79. The summed E-state index contributed by atoms with van der Waals surface area (Å²) >= 11 is 0. The van der Waals surface area contributed by atoms with E-state index in [9.17, 15) is 9.59 Å². The Bertz CT molecular complexity index is 619. The zero-order valence-electron chi connectivity index (χ0n) is 10.3. The first-order valence-corrected chi connectivity index (χ1v) is 5.67. The predicted octanol–water partition coefficient (Wildman–Crippen LogP) is 1.53. The predicted molar refractivity (Wildman–Crippen MR) is 69.0 cm³/mol. The van der Waals surface area contributed by atoms with E-state index in [1.165, 1.54) is 10.6 Å². The molecule has 2 heterocycles. The summed E-state index contributed by atoms with van der Waals surface area (Å²) in [5, 5.41) is 11.7. The van der Waals surface area contributed by atoms with E-state index in [2.05, 4.69) is 10.3 Å². The molecule has 2 aromatic rings. The third-order valence-corrected chi connectivity index (χ3v) is 2.66. The van der Waals surface area contributed by atoms with Crippen LogP contribution < -0.4 is 5.32 Å². The largest absolute Gasteiger partial charge is 0.477 e. The number of carbonyl (C=O) groups is 2. The molecule has 0 bridgehead atoms. The number of pyridine rings is 1. The number of nitrogens with one attached hydrogen (secondary N) is 1. The number of carbonyl (C=O) groups excluding carboxylic acids is 1. The monoisotopic (exact) mass is 259 g/mol. The van der Waals surface area contributed by atoms with Crippen LogP contribution in [-0.4, -0.2) is 26.5 Å². The molecule has 0 aliphatic heterocycles. The van der Waals surface area contributed by atoms with Crippen molar-refractivity contribution in [2.75, 3.05) is 5.32 Å². The molecule has 19 heavy (non-hydrogen) atoms. The van der Waals surface area contributed by atoms with Gasteiger partial charge in [0.25, 0.3) is 0 Å². The molecule has 6 heteroatoms. The van der Waals surface area contributed by atoms with Crippen LogP contribution in [0.5, 0.6) is 0 Å². The van der Waals surface area contributed by atoms with Gasteiger partial charge in [0, 0.05) is 24.3 Å². The lowest BCUT2D eigenvalue weighted by molar-refractivity contribution is -0.116. The van der Waals surface area contributed by atoms with Crippen molar-refractivity contribution in [3.63, 3.8) is 0 Å². The van der Waals surface area contributed by atoms with E-state index < -0.39 is 5.97 Å². The molecule has 0 aromatic carbocycles. The van der Waals surface area contributed by atoms with Crippen molar-refractivity contribution < 1.29 is 14.7 Å². The number of aromatic carboxylic acids is 1. The molecule has 2 N–H and O–H groups in total. The van der Waals surface area contributed by atoms with Gasteiger partial charge >= 0.3 is 5.97 Å². The second kappa shape index (κ2) is 5.34. The van der Waals surface area contributed by atoms with Gasteiger partial charge in [-0.15, -0.1) is 0 Å². The number of carboxylic acids is 1. The van der Waals surface area contributed by atoms with Gasteiger partial charge in [0.1, 0.15) is 12.2 Å². The number of hydrogen-bond acceptors (Lipinski definition) is 3. The maximum Gasteiger partial charge on any atom is 0.352 e. The Kier molecular flexibility index (Phi) is 3.61. The van der Waals surface area contributed by atoms with Crippen molar-refractivity contribution in [1.82, 2.24) is 9.55 Å². The number of aryl methyl sites for hydroxylation is 1. The first kappa shape index (κ1) is 12.8. The molecule has 0 aliphatic rings. The van der Waals surface area contributed by atoms with Crippen molar-refractivity contribution in [3.05, 3.63) is 48.0 Å². The maximum atomic E-state index is 11.9. The molecule has 0 atom stereocenters. The molecule has 2 rings (SSSR count). The fourth-order valence-corrected chi connectivity index (χ4v) is 1.70. The van der Waals surface area contributed by atoms with E-state index in [1.54, 1.807) is 30.7 Å². The van der Waals surface area contributed by atoms with E-state index in [4.69, 9.17) is 5.11 Å². The number of hydrogen-bond donors (Lipinski definition) is 2. The van der Waals surface area contributed by atoms with Crippen molar-refractivity contribution in [1.29, 1.82) is 0 Å². The number of rotatable bonds is 4. The van der Waals surface area contributed by atoms with Gasteiger partial charge < -0.3 is 15.0 Å². The molecule has 0 saturated carbocycles. The quantitative estimate of drug-likeness (QED) is 0.872. The van der Waals surface area contributed by atoms with E-state index in [0.29, 0.717) is 5.69 Å². The second-order valence-corrected chi connectivity index (χ2v) is 4.07. The highest BCUT2D eigenvalue weighted by Crippen LogP contribution is 2.12. The summed E-state index contributed by atoms with van der Waals surface area (Å²) in [7, 11) is 0. The van der Waals surface area contributed by atoms with E-state index >= 15 is 0 Å². The van der Waals surface area contributed by atoms with Gasteiger partial charge in [-0.25, -0.2) is 4.79 Å². The highest BCUT2D eigenvalue weighted by Gasteiger charge is 2.12. The third-order valence-electron chi connectivity index (χ3n) is 2.66. The first-order chi connectivity index (χ1) is 9.08. The van der Waals surface area contributed by atoms with Crippen LogP contribution in [0.25, 0.3) is 0 Å². The van der Waals surface area contributed by atoms with Crippen LogP contribution in [0.3, 0.4) is 0 Å². The molecule has 2 aromatic heterocycles. The number of aromatic nitrogens is 2. The van der Waals surface area contributed by atoms with Gasteiger partial charge in [-0.1, -0.05) is 0 Å². The molecule has 0 radical (unpaired) electrons. The lowest BCUT2D eigenvalue weighted by Gasteiger charge is -2.09. The number of amides is 1. The van der Waals surface area contributed by atoms with Crippen LogP contribution >= 0.6 is 0 Å². The number of anilines is 1. The molecule has 98 valence electrons. The minimum atomic E-state index is -1.06. The van der Waals surface area contributed by atoms with Gasteiger partial charge in [0.15, 0.2) is 0 Å². The molecular formula is C13H13N3O3. The smallest absolute Gasteiger partial charge is 0.352 e. The van der Waals surface area contributed by atoms with Gasteiger partial charge in [0.2, 0.25) is 5.91 Å². The molecule has 0 saturated heterocycles. The zero-order valence-corrected chi connectivity index (χ0v) is 10.3. The SMILES string of the molecule is Cc1cnccc1NC(=O)Cn1cccc1C(=O)O. The topological polar surface area (TPSA) is 84.2 Å². The van der Waals surface area contributed by atoms with Crippen LogP contribution in [0.2, 0.25) is 0 Å². The summed E-state index contributed by atoms with van der Waals surface area (Å²) in [4.78, 5) is 26.7. The molecule has 0 fully saturated rings. The van der Waals surface area contributed by atoms with Crippen molar-refractivity contribution in [2.24, 2.45) is 0 Å². The summed E-state index contributed by atoms with van der Waals surface area (Å²) in [6, 6.07) is 4.74. The molecule has 0 aliphatic carbocycles. The van der Waals surface area contributed by atoms with Gasteiger partial charge in [-0.2, -0.15) is 0 Å². The average molecular weight is 259 g/mol. The standard InChI is InChI=1S/C13H13N3O3/c1-9-7-14-5-4-10(9)15-12(17)8-16-6-2-3-11(16)13(18)19/h2-7H,8H2,1H3,(H,18,19)(H,14,15,17). The van der Waals surface area contributed by atoms with E-state index in [-0.39, 0.29) is 18.1 Å². The van der Waals surface area contributed by atoms with Crippen molar-refractivity contribution >= 4 is 17.6 Å². The Morgan fingerprint density at radius 3 is 2.89 bits per heavy atom. The highest BCUT2D eigenvalue weighted by atomic mass is 16.4. The maximum absolute atomic E-state index is 11.9. The van der Waals surface area contributed by atoms with Gasteiger partial charge in [-0.05, 0) is 30.7 Å². The number of nitrogens with zero attached hydrogens (tertiary/aromatic N) is 2. The lowest BCUT2D eigenvalue weighted by atomic mass is 10.2. The molecule has 1 amide bonds. The molecule has 0 unspecified atom stereocenters. The molecule has 0 spiro atoms. The van der Waals surface area contributed by atoms with Crippen molar-refractivity contribution in [2.45, 2.75) is 13.5 Å². The van der Waals surface area contributed by atoms with Crippen LogP contribution in [0.15, 0.2) is 36.8 Å². The Morgan fingerprint density at radius 2 is 2.21 bits per heavy atom. The summed E-state index contributed by atoms with van der Waals surface area (Å²) < 4.78 is 1.38. The Labute approximate surface area is 109 Å². The Morgan fingerprint density at radius 1 is 1.42 bits per heavy atom. The third kappa shape index (κ3) is 2.98. The fourth-order valence-electron chi connectivity index (χ4n) is 1.70. The molecule has 6 nitrogen and oxygen atoms in total. The first-order valence-electron chi connectivity index (χ1n) is 5.67. The minimum Gasteiger partial charge on any atom is -0.477 e. The van der Waals surface area contributed by atoms with E-state index in [0.717, 1.165) is 5.56 Å². The minimum absolute atomic E-state index is 0.0452. The average Bonchev–Trinajstić information content (AvgIpc) is 2.80. The zero-order chi connectivity index (χ0) is 13.8. The summed E-state index contributed by atoms with van der Waals surface area (Å²) in [6.45, 7) is 1.79. The van der Waals surface area contributed by atoms with Crippen LogP contribution in [0, 0.1) is 6.92 Å². The summed E-state index contributed by atoms with van der Waals surface area (Å²) in [5.41, 5.74) is 1.60. The van der Waals surface area contributed by atoms with Crippen LogP contribution in [-0.2, 0) is 11.3 Å². The Hall–Kier alpha value is -2.63. The van der Waals surface area contributed by atoms with Gasteiger partial charge in [-0.3, -0.25) is 9.78 Å². The second-order valence-electron chi connectivity index (χ2n) is 4.07. The number of carboxylic acid groups (broad SMARTS) is 1. The van der Waals surface area contributed by atoms with Gasteiger partial charge in [0.05, 0.1) is 0 Å².